The van der Waals surface area contributed by atoms with Crippen LogP contribution in [0.1, 0.15) is 22.7 Å². The van der Waals surface area contributed by atoms with Crippen LogP contribution < -0.4 is 5.32 Å². The minimum atomic E-state index is -3.34. The molecule has 3 aromatic rings. The number of oxazole rings is 1. The van der Waals surface area contributed by atoms with Gasteiger partial charge in [-0.05, 0) is 17.7 Å². The van der Waals surface area contributed by atoms with Crippen LogP contribution in [-0.2, 0) is 20.7 Å². The van der Waals surface area contributed by atoms with Gasteiger partial charge in [-0.15, -0.1) is 0 Å². The number of carbonyl (C=O) groups excluding carboxylic acids is 3. The summed E-state index contributed by atoms with van der Waals surface area (Å²) in [6.45, 7) is 0.180. The monoisotopic (exact) mass is 544 g/mol. The highest BCUT2D eigenvalue weighted by Gasteiger charge is 2.39. The molecule has 12 heteroatoms. The van der Waals surface area contributed by atoms with Crippen LogP contribution >= 0.6 is 0 Å². The number of morpholine rings is 1. The number of benzene rings is 2. The maximum absolute atomic E-state index is 15.2. The summed E-state index contributed by atoms with van der Waals surface area (Å²) in [4.78, 5) is 45.9. The highest BCUT2D eigenvalue weighted by atomic mass is 19.3. The topological polar surface area (TPSA) is 114 Å². The fraction of sp³-hybridized carbons (Fsp3) is 0.407. The van der Waals surface area contributed by atoms with E-state index in [9.17, 15) is 14.4 Å². The molecule has 3 amide bonds. The minimum Gasteiger partial charge on any atom is -0.434 e. The average Bonchev–Trinajstić information content (AvgIpc) is 3.37. The first-order valence-electron chi connectivity index (χ1n) is 12.5. The SMILES string of the molecule is COCN(CC(=O)c1nc2ccccc2o1)C(=O)C(CC(F)(F)Cc1ccccc1)NC(=O)N1CCOCC1. The van der Waals surface area contributed by atoms with Gasteiger partial charge in [-0.25, -0.2) is 18.6 Å². The number of nitrogens with one attached hydrogen (secondary N) is 1. The second kappa shape index (κ2) is 12.8. The zero-order chi connectivity index (χ0) is 27.8. The van der Waals surface area contributed by atoms with Crippen LogP contribution in [0.15, 0.2) is 59.0 Å². The Bertz CT molecular complexity index is 1250. The number of hydrogen-bond donors (Lipinski definition) is 1. The Morgan fingerprint density at radius 1 is 1.10 bits per heavy atom. The summed E-state index contributed by atoms with van der Waals surface area (Å²) in [5.74, 6) is -5.11. The Labute approximate surface area is 223 Å². The van der Waals surface area contributed by atoms with Gasteiger partial charge in [-0.3, -0.25) is 9.59 Å². The summed E-state index contributed by atoms with van der Waals surface area (Å²) in [5, 5.41) is 2.46. The van der Waals surface area contributed by atoms with Crippen molar-refractivity contribution in [3.05, 3.63) is 66.1 Å². The van der Waals surface area contributed by atoms with Crippen LogP contribution in [0.5, 0.6) is 0 Å². The molecule has 0 saturated carbocycles. The molecular weight excluding hydrogens is 514 g/mol. The zero-order valence-corrected chi connectivity index (χ0v) is 21.5. The number of carbonyl (C=O) groups is 3. The van der Waals surface area contributed by atoms with Gasteiger partial charge < -0.3 is 29.0 Å². The van der Waals surface area contributed by atoms with Crippen molar-refractivity contribution in [1.29, 1.82) is 0 Å². The highest BCUT2D eigenvalue weighted by Crippen LogP contribution is 2.27. The van der Waals surface area contributed by atoms with Crippen LogP contribution in [0.3, 0.4) is 0 Å². The van der Waals surface area contributed by atoms with Gasteiger partial charge in [0, 0.05) is 33.0 Å². The summed E-state index contributed by atoms with van der Waals surface area (Å²) >= 11 is 0. The predicted octanol–water partition coefficient (Wildman–Crippen LogP) is 3.12. The minimum absolute atomic E-state index is 0.228. The Morgan fingerprint density at radius 2 is 1.79 bits per heavy atom. The molecule has 0 radical (unpaired) electrons. The zero-order valence-electron chi connectivity index (χ0n) is 21.5. The number of nitrogens with zero attached hydrogens (tertiary/aromatic N) is 3. The van der Waals surface area contributed by atoms with Gasteiger partial charge in [0.2, 0.25) is 11.7 Å². The number of rotatable bonds is 11. The molecule has 1 unspecified atom stereocenters. The smallest absolute Gasteiger partial charge is 0.318 e. The van der Waals surface area contributed by atoms with E-state index >= 15 is 8.78 Å². The second-order valence-corrected chi connectivity index (χ2v) is 9.19. The second-order valence-electron chi connectivity index (χ2n) is 9.19. The van der Waals surface area contributed by atoms with E-state index in [2.05, 4.69) is 10.3 Å². The lowest BCUT2D eigenvalue weighted by Crippen LogP contribution is -2.56. The Morgan fingerprint density at radius 3 is 2.49 bits per heavy atom. The van der Waals surface area contributed by atoms with Gasteiger partial charge in [-0.1, -0.05) is 42.5 Å². The van der Waals surface area contributed by atoms with Gasteiger partial charge >= 0.3 is 6.03 Å². The predicted molar refractivity (Wildman–Crippen MR) is 136 cm³/mol. The molecule has 1 aromatic heterocycles. The van der Waals surface area contributed by atoms with Crippen molar-refractivity contribution < 1.29 is 37.1 Å². The van der Waals surface area contributed by atoms with Crippen LogP contribution in [0.2, 0.25) is 0 Å². The van der Waals surface area contributed by atoms with E-state index in [0.29, 0.717) is 29.9 Å². The molecule has 1 N–H and O–H groups in total. The van der Waals surface area contributed by atoms with Crippen molar-refractivity contribution in [3.8, 4) is 0 Å². The number of amides is 3. The summed E-state index contributed by atoms with van der Waals surface area (Å²) in [6.07, 6.45) is -1.61. The van der Waals surface area contributed by atoms with Crippen LogP contribution in [0, 0.1) is 0 Å². The number of fused-ring (bicyclic) bond motifs is 1. The molecule has 2 heterocycles. The molecule has 1 aliphatic rings. The third-order valence-corrected chi connectivity index (χ3v) is 6.17. The number of methoxy groups -OCH3 is 1. The normalized spacial score (nSPS) is 14.7. The first-order valence-corrected chi connectivity index (χ1v) is 12.5. The average molecular weight is 545 g/mol. The van der Waals surface area contributed by atoms with Gasteiger partial charge in [0.15, 0.2) is 5.58 Å². The van der Waals surface area contributed by atoms with Gasteiger partial charge in [-0.2, -0.15) is 0 Å². The number of alkyl halides is 2. The molecule has 1 atom stereocenters. The van der Waals surface area contributed by atoms with Crippen molar-refractivity contribution in [2.24, 2.45) is 0 Å². The lowest BCUT2D eigenvalue weighted by molar-refractivity contribution is -0.140. The van der Waals surface area contributed by atoms with Crippen molar-refractivity contribution in [1.82, 2.24) is 20.1 Å². The maximum atomic E-state index is 15.2. The molecule has 0 spiro atoms. The molecule has 10 nitrogen and oxygen atoms in total. The molecular formula is C27H30F2N4O6. The third-order valence-electron chi connectivity index (χ3n) is 6.17. The van der Waals surface area contributed by atoms with Crippen molar-refractivity contribution >= 4 is 28.8 Å². The van der Waals surface area contributed by atoms with E-state index in [-0.39, 0.29) is 25.7 Å². The molecule has 39 heavy (non-hydrogen) atoms. The number of urea groups is 1. The number of para-hydroxylation sites is 2. The largest absolute Gasteiger partial charge is 0.434 e. The summed E-state index contributed by atoms with van der Waals surface area (Å²) < 4.78 is 46.3. The van der Waals surface area contributed by atoms with Gasteiger partial charge in [0.05, 0.1) is 19.8 Å². The standard InChI is InChI=1S/C27H30F2N4O6/c1-37-18-33(17-22(34)24-30-20-9-5-6-10-23(20)39-24)25(35)21(31-26(36)32-11-13-38-14-12-32)16-27(28,29)15-19-7-3-2-4-8-19/h2-10,21H,11-18H2,1H3,(H,31,36). The van der Waals surface area contributed by atoms with E-state index in [1.807, 2.05) is 0 Å². The molecule has 1 saturated heterocycles. The van der Waals surface area contributed by atoms with Crippen LogP contribution in [0.25, 0.3) is 11.1 Å². The number of ether oxygens (including phenoxy) is 2. The number of hydrogen-bond acceptors (Lipinski definition) is 7. The Balaban J connectivity index is 1.53. The molecule has 4 rings (SSSR count). The van der Waals surface area contributed by atoms with E-state index in [1.54, 1.807) is 54.6 Å². The summed E-state index contributed by atoms with van der Waals surface area (Å²) in [6, 6.07) is 12.6. The van der Waals surface area contributed by atoms with Gasteiger partial charge in [0.1, 0.15) is 18.3 Å². The molecule has 2 aromatic carbocycles. The highest BCUT2D eigenvalue weighted by molar-refractivity contribution is 5.98. The van der Waals surface area contributed by atoms with E-state index in [4.69, 9.17) is 13.9 Å². The van der Waals surface area contributed by atoms with Crippen molar-refractivity contribution in [2.45, 2.75) is 24.8 Å². The fourth-order valence-electron chi connectivity index (χ4n) is 4.27. The van der Waals surface area contributed by atoms with Crippen molar-refractivity contribution in [3.63, 3.8) is 0 Å². The van der Waals surface area contributed by atoms with E-state index in [0.717, 1.165) is 4.90 Å². The van der Waals surface area contributed by atoms with Crippen molar-refractivity contribution in [2.75, 3.05) is 46.7 Å². The number of ketones is 1. The summed E-state index contributed by atoms with van der Waals surface area (Å²) in [7, 11) is 1.30. The van der Waals surface area contributed by atoms with E-state index in [1.165, 1.54) is 12.0 Å². The number of halogens is 2. The number of Topliss-reactive ketones (excluding diaryl/α,β-unsaturated/α-hetero) is 1. The third kappa shape index (κ3) is 7.58. The first-order chi connectivity index (χ1) is 18.8. The van der Waals surface area contributed by atoms with Gasteiger partial charge in [0.25, 0.3) is 11.8 Å². The molecule has 0 bridgehead atoms. The lowest BCUT2D eigenvalue weighted by atomic mass is 10.00. The Hall–Kier alpha value is -3.90. The first kappa shape index (κ1) is 28.1. The lowest BCUT2D eigenvalue weighted by Gasteiger charge is -2.32. The molecule has 208 valence electrons. The quantitative estimate of drug-likeness (QED) is 0.291. The van der Waals surface area contributed by atoms with E-state index < -0.39 is 49.1 Å². The molecule has 1 fully saturated rings. The van der Waals surface area contributed by atoms with Crippen LogP contribution in [0.4, 0.5) is 13.6 Å². The molecule has 1 aliphatic heterocycles. The Kier molecular flexibility index (Phi) is 9.20. The molecule has 0 aliphatic carbocycles. The van der Waals surface area contributed by atoms with Crippen LogP contribution in [-0.4, -0.2) is 91.2 Å². The maximum Gasteiger partial charge on any atom is 0.318 e. The summed E-state index contributed by atoms with van der Waals surface area (Å²) in [5.41, 5.74) is 1.23. The number of aromatic nitrogens is 1. The fourth-order valence-corrected chi connectivity index (χ4v) is 4.27.